The minimum Gasteiger partial charge on any atom is -0.469 e. The van der Waals surface area contributed by atoms with Gasteiger partial charge in [0.25, 0.3) is 0 Å². The van der Waals surface area contributed by atoms with E-state index in [9.17, 15) is 4.79 Å². The Balaban J connectivity index is 1.75. The molecule has 0 bridgehead atoms. The first-order valence-electron chi connectivity index (χ1n) is 7.02. The highest BCUT2D eigenvalue weighted by atomic mass is 32.1. The van der Waals surface area contributed by atoms with Crippen LogP contribution in [0, 0.1) is 5.41 Å². The number of nitrogens with one attached hydrogen (secondary N) is 1. The minimum atomic E-state index is -0.166. The number of carbonyl (C=O) groups is 1. The fourth-order valence-electron chi connectivity index (χ4n) is 2.61. The predicted molar refractivity (Wildman–Crippen MR) is 78.3 cm³/mol. The third-order valence-electron chi connectivity index (χ3n) is 4.23. The van der Waals surface area contributed by atoms with E-state index in [1.165, 1.54) is 37.7 Å². The van der Waals surface area contributed by atoms with Gasteiger partial charge in [0.05, 0.1) is 13.5 Å². The highest BCUT2D eigenvalue weighted by Gasteiger charge is 2.34. The molecule has 0 radical (unpaired) electrons. The smallest absolute Gasteiger partial charge is 0.310 e. The molecule has 1 fully saturated rings. The summed E-state index contributed by atoms with van der Waals surface area (Å²) in [5.41, 5.74) is 0.562. The zero-order chi connectivity index (χ0) is 13.7. The molecule has 106 valence electrons. The predicted octanol–water partition coefficient (Wildman–Crippen LogP) is 3.13. The fourth-order valence-corrected chi connectivity index (χ4v) is 3.58. The van der Waals surface area contributed by atoms with Crippen LogP contribution in [0.2, 0.25) is 0 Å². The van der Waals surface area contributed by atoms with E-state index in [1.807, 2.05) is 6.07 Å². The number of thiophene rings is 1. The van der Waals surface area contributed by atoms with Crippen LogP contribution in [0.15, 0.2) is 12.1 Å². The summed E-state index contributed by atoms with van der Waals surface area (Å²) in [5, 5.41) is 3.57. The lowest BCUT2D eigenvalue weighted by Crippen LogP contribution is -2.39. The van der Waals surface area contributed by atoms with Crippen molar-refractivity contribution in [1.29, 1.82) is 0 Å². The number of rotatable bonds is 7. The molecule has 2 rings (SSSR count). The Kier molecular flexibility index (Phi) is 4.99. The lowest BCUT2D eigenvalue weighted by atomic mass is 9.67. The number of esters is 1. The standard InChI is InChI=1S/C15H23NO2S/c1-3-15(7-4-8-15)11-16-10-13-6-5-12(19-13)9-14(17)18-2/h5-6,16H,3-4,7-11H2,1-2H3. The van der Waals surface area contributed by atoms with Crippen molar-refractivity contribution in [3.05, 3.63) is 21.9 Å². The SMILES string of the molecule is CCC1(CNCc2ccc(CC(=O)OC)s2)CCC1. The van der Waals surface area contributed by atoms with Crippen molar-refractivity contribution >= 4 is 17.3 Å². The Morgan fingerprint density at radius 2 is 2.16 bits per heavy atom. The summed E-state index contributed by atoms with van der Waals surface area (Å²) in [7, 11) is 1.43. The van der Waals surface area contributed by atoms with Gasteiger partial charge in [0, 0.05) is 22.8 Å². The Morgan fingerprint density at radius 3 is 2.74 bits per heavy atom. The highest BCUT2D eigenvalue weighted by molar-refractivity contribution is 7.12. The maximum atomic E-state index is 11.2. The Hall–Kier alpha value is -0.870. The molecule has 0 amide bonds. The van der Waals surface area contributed by atoms with Gasteiger partial charge in [-0.2, -0.15) is 0 Å². The molecule has 0 aromatic carbocycles. The largest absolute Gasteiger partial charge is 0.469 e. The third-order valence-corrected chi connectivity index (χ3v) is 5.31. The summed E-state index contributed by atoms with van der Waals surface area (Å²) >= 11 is 1.70. The molecular weight excluding hydrogens is 258 g/mol. The van der Waals surface area contributed by atoms with Crippen LogP contribution < -0.4 is 5.32 Å². The van der Waals surface area contributed by atoms with Gasteiger partial charge >= 0.3 is 5.97 Å². The van der Waals surface area contributed by atoms with E-state index in [2.05, 4.69) is 23.0 Å². The molecule has 1 N–H and O–H groups in total. The van der Waals surface area contributed by atoms with E-state index >= 15 is 0 Å². The van der Waals surface area contributed by atoms with Gasteiger partial charge in [-0.25, -0.2) is 0 Å². The second kappa shape index (κ2) is 6.53. The van der Waals surface area contributed by atoms with E-state index in [0.29, 0.717) is 11.8 Å². The first kappa shape index (κ1) is 14.5. The number of methoxy groups -OCH3 is 1. The molecule has 0 spiro atoms. The van der Waals surface area contributed by atoms with Crippen molar-refractivity contribution in [2.75, 3.05) is 13.7 Å². The maximum Gasteiger partial charge on any atom is 0.310 e. The zero-order valence-corrected chi connectivity index (χ0v) is 12.6. The van der Waals surface area contributed by atoms with Gasteiger partial charge < -0.3 is 10.1 Å². The van der Waals surface area contributed by atoms with Gasteiger partial charge in [-0.3, -0.25) is 4.79 Å². The summed E-state index contributed by atoms with van der Waals surface area (Å²) in [6.07, 6.45) is 5.79. The summed E-state index contributed by atoms with van der Waals surface area (Å²) < 4.78 is 4.68. The van der Waals surface area contributed by atoms with Crippen LogP contribution in [0.25, 0.3) is 0 Å². The molecule has 1 saturated carbocycles. The second-order valence-corrected chi connectivity index (χ2v) is 6.68. The van der Waals surface area contributed by atoms with Crippen molar-refractivity contribution in [1.82, 2.24) is 5.32 Å². The summed E-state index contributed by atoms with van der Waals surface area (Å²) in [6, 6.07) is 4.13. The van der Waals surface area contributed by atoms with Gasteiger partial charge in [-0.05, 0) is 36.8 Å². The van der Waals surface area contributed by atoms with Crippen molar-refractivity contribution in [3.8, 4) is 0 Å². The van der Waals surface area contributed by atoms with E-state index in [0.717, 1.165) is 18.0 Å². The molecule has 4 heteroatoms. The molecule has 0 saturated heterocycles. The van der Waals surface area contributed by atoms with E-state index in [1.54, 1.807) is 11.3 Å². The topological polar surface area (TPSA) is 38.3 Å². The molecule has 1 aromatic heterocycles. The summed E-state index contributed by atoms with van der Waals surface area (Å²) in [4.78, 5) is 13.6. The van der Waals surface area contributed by atoms with Crippen LogP contribution in [-0.2, 0) is 22.5 Å². The number of ether oxygens (including phenoxy) is 1. The highest BCUT2D eigenvalue weighted by Crippen LogP contribution is 2.43. The van der Waals surface area contributed by atoms with E-state index in [-0.39, 0.29) is 5.97 Å². The maximum absolute atomic E-state index is 11.2. The zero-order valence-electron chi connectivity index (χ0n) is 11.8. The van der Waals surface area contributed by atoms with Crippen LogP contribution in [0.1, 0.15) is 42.4 Å². The quantitative estimate of drug-likeness (QED) is 0.780. The van der Waals surface area contributed by atoms with Crippen LogP contribution >= 0.6 is 11.3 Å². The second-order valence-electron chi connectivity index (χ2n) is 5.43. The third kappa shape index (κ3) is 3.80. The average Bonchev–Trinajstić information content (AvgIpc) is 2.80. The molecule has 0 unspecified atom stereocenters. The van der Waals surface area contributed by atoms with Crippen LogP contribution in [0.4, 0.5) is 0 Å². The molecular formula is C15H23NO2S. The van der Waals surface area contributed by atoms with Gasteiger partial charge in [0.15, 0.2) is 0 Å². The van der Waals surface area contributed by atoms with Gasteiger partial charge in [0.1, 0.15) is 0 Å². The first-order chi connectivity index (χ1) is 9.17. The van der Waals surface area contributed by atoms with E-state index < -0.39 is 0 Å². The number of hydrogen-bond acceptors (Lipinski definition) is 4. The minimum absolute atomic E-state index is 0.166. The van der Waals surface area contributed by atoms with Crippen LogP contribution in [-0.4, -0.2) is 19.6 Å². The van der Waals surface area contributed by atoms with Crippen LogP contribution in [0.5, 0.6) is 0 Å². The molecule has 3 nitrogen and oxygen atoms in total. The van der Waals surface area contributed by atoms with Gasteiger partial charge in [0.2, 0.25) is 0 Å². The first-order valence-corrected chi connectivity index (χ1v) is 7.84. The van der Waals surface area contributed by atoms with Crippen LogP contribution in [0.3, 0.4) is 0 Å². The molecule has 0 atom stereocenters. The summed E-state index contributed by atoms with van der Waals surface area (Å²) in [6.45, 7) is 4.32. The molecule has 0 aliphatic heterocycles. The monoisotopic (exact) mass is 281 g/mol. The molecule has 1 aliphatic carbocycles. The normalized spacial score (nSPS) is 16.9. The molecule has 1 aliphatic rings. The van der Waals surface area contributed by atoms with Crippen molar-refractivity contribution in [2.45, 2.75) is 45.6 Å². The van der Waals surface area contributed by atoms with Crippen molar-refractivity contribution in [2.24, 2.45) is 5.41 Å². The number of carbonyl (C=O) groups excluding carboxylic acids is 1. The van der Waals surface area contributed by atoms with Crippen molar-refractivity contribution < 1.29 is 9.53 Å². The van der Waals surface area contributed by atoms with E-state index in [4.69, 9.17) is 0 Å². The summed E-state index contributed by atoms with van der Waals surface area (Å²) in [5.74, 6) is -0.166. The Morgan fingerprint density at radius 1 is 1.42 bits per heavy atom. The average molecular weight is 281 g/mol. The fraction of sp³-hybridized carbons (Fsp3) is 0.667. The van der Waals surface area contributed by atoms with Gasteiger partial charge in [-0.15, -0.1) is 11.3 Å². The Bertz CT molecular complexity index is 418. The Labute approximate surface area is 119 Å². The molecule has 1 heterocycles. The van der Waals surface area contributed by atoms with Crippen molar-refractivity contribution in [3.63, 3.8) is 0 Å². The van der Waals surface area contributed by atoms with Gasteiger partial charge in [-0.1, -0.05) is 13.3 Å². The number of hydrogen-bond donors (Lipinski definition) is 1. The lowest BCUT2D eigenvalue weighted by Gasteiger charge is -2.41. The lowest BCUT2D eigenvalue weighted by molar-refractivity contribution is -0.139. The molecule has 1 aromatic rings. The molecule has 19 heavy (non-hydrogen) atoms.